The minimum absolute atomic E-state index is 0.301. The molecule has 190 valence electrons. The second kappa shape index (κ2) is 12.3. The summed E-state index contributed by atoms with van der Waals surface area (Å²) in [5.41, 5.74) is 8.98. The normalized spacial score (nSPS) is 23.5. The number of hydrogen-bond acceptors (Lipinski definition) is 7. The lowest BCUT2D eigenvalue weighted by molar-refractivity contribution is 0.0870. The number of piperazine rings is 1. The topological polar surface area (TPSA) is 87.4 Å². The predicted octanol–water partition coefficient (Wildman–Crippen LogP) is 3.75. The van der Waals surface area contributed by atoms with Crippen LogP contribution >= 0.6 is 0 Å². The van der Waals surface area contributed by atoms with Crippen molar-refractivity contribution < 1.29 is 9.47 Å². The van der Waals surface area contributed by atoms with Gasteiger partial charge in [-0.2, -0.15) is 0 Å². The number of likely N-dealkylation sites (N-methyl/N-ethyl adjacent to an activating group) is 1. The van der Waals surface area contributed by atoms with Gasteiger partial charge in [-0.1, -0.05) is 6.92 Å². The van der Waals surface area contributed by atoms with Crippen LogP contribution in [0.5, 0.6) is 5.75 Å². The molecular formula is C26H44N6O2. The van der Waals surface area contributed by atoms with Crippen LogP contribution in [0.3, 0.4) is 0 Å². The fourth-order valence-corrected chi connectivity index (χ4v) is 4.57. The maximum Gasteiger partial charge on any atom is 0.144 e. The monoisotopic (exact) mass is 472 g/mol. The van der Waals surface area contributed by atoms with Crippen LogP contribution in [0.25, 0.3) is 0 Å². The first-order chi connectivity index (χ1) is 16.3. The quantitative estimate of drug-likeness (QED) is 0.392. The number of allylic oxidation sites excluding steroid dienone is 1. The third-order valence-electron chi connectivity index (χ3n) is 6.83. The van der Waals surface area contributed by atoms with Crippen LogP contribution in [0.4, 0.5) is 11.4 Å². The molecule has 0 aliphatic carbocycles. The highest BCUT2D eigenvalue weighted by atomic mass is 16.5. The van der Waals surface area contributed by atoms with Crippen LogP contribution in [0.1, 0.15) is 53.4 Å². The number of nitrogens with zero attached hydrogens (tertiary/aromatic N) is 3. The Morgan fingerprint density at radius 1 is 1.21 bits per heavy atom. The van der Waals surface area contributed by atoms with E-state index in [9.17, 15) is 0 Å². The summed E-state index contributed by atoms with van der Waals surface area (Å²) in [5.74, 6) is 2.58. The molecule has 2 fully saturated rings. The number of rotatable bonds is 8. The smallest absolute Gasteiger partial charge is 0.144 e. The first-order valence-corrected chi connectivity index (χ1v) is 12.6. The van der Waals surface area contributed by atoms with Crippen molar-refractivity contribution in [1.82, 2.24) is 10.2 Å². The lowest BCUT2D eigenvalue weighted by Gasteiger charge is -2.43. The lowest BCUT2D eigenvalue weighted by atomic mass is 10.1. The van der Waals surface area contributed by atoms with Crippen molar-refractivity contribution in [2.45, 2.75) is 71.5 Å². The second-order valence-electron chi connectivity index (χ2n) is 9.63. The van der Waals surface area contributed by atoms with Gasteiger partial charge in [0.2, 0.25) is 0 Å². The van der Waals surface area contributed by atoms with E-state index >= 15 is 0 Å². The molecule has 2 unspecified atom stereocenters. The van der Waals surface area contributed by atoms with Crippen molar-refractivity contribution in [3.63, 3.8) is 0 Å². The van der Waals surface area contributed by atoms with E-state index < -0.39 is 0 Å². The van der Waals surface area contributed by atoms with E-state index in [0.717, 1.165) is 80.8 Å². The zero-order valence-electron chi connectivity index (χ0n) is 21.9. The van der Waals surface area contributed by atoms with Gasteiger partial charge in [-0.3, -0.25) is 9.89 Å². The van der Waals surface area contributed by atoms with Gasteiger partial charge < -0.3 is 30.7 Å². The number of aliphatic imine (C=N–C) groups is 1. The molecule has 3 rings (SSSR count). The number of methoxy groups -OCH3 is 1. The van der Waals surface area contributed by atoms with E-state index in [0.29, 0.717) is 23.8 Å². The van der Waals surface area contributed by atoms with Crippen LogP contribution in [0.2, 0.25) is 0 Å². The first kappa shape index (κ1) is 26.2. The van der Waals surface area contributed by atoms with Gasteiger partial charge in [0.05, 0.1) is 18.8 Å². The van der Waals surface area contributed by atoms with Crippen LogP contribution in [0, 0.1) is 0 Å². The molecule has 0 radical (unpaired) electrons. The van der Waals surface area contributed by atoms with Crippen LogP contribution < -0.4 is 26.0 Å². The van der Waals surface area contributed by atoms with Gasteiger partial charge in [0.25, 0.3) is 0 Å². The van der Waals surface area contributed by atoms with Crippen molar-refractivity contribution in [2.24, 2.45) is 10.7 Å². The number of benzene rings is 1. The Balaban J connectivity index is 1.76. The van der Waals surface area contributed by atoms with Gasteiger partial charge in [-0.25, -0.2) is 0 Å². The molecule has 34 heavy (non-hydrogen) atoms. The van der Waals surface area contributed by atoms with Gasteiger partial charge in [-0.15, -0.1) is 0 Å². The molecule has 0 spiro atoms. The number of anilines is 2. The molecule has 0 amide bonds. The predicted molar refractivity (Wildman–Crippen MR) is 142 cm³/mol. The average molecular weight is 473 g/mol. The molecule has 0 saturated carbocycles. The highest BCUT2D eigenvalue weighted by molar-refractivity contribution is 5.84. The molecular weight excluding hydrogens is 428 g/mol. The van der Waals surface area contributed by atoms with E-state index in [2.05, 4.69) is 60.4 Å². The highest BCUT2D eigenvalue weighted by Crippen LogP contribution is 2.33. The second-order valence-corrected chi connectivity index (χ2v) is 9.63. The van der Waals surface area contributed by atoms with Crippen molar-refractivity contribution in [3.05, 3.63) is 29.7 Å². The van der Waals surface area contributed by atoms with Gasteiger partial charge >= 0.3 is 0 Å². The number of ether oxygens (including phenoxy) is 2. The first-order valence-electron chi connectivity index (χ1n) is 12.6. The van der Waals surface area contributed by atoms with E-state index in [1.165, 1.54) is 0 Å². The van der Waals surface area contributed by atoms with Crippen molar-refractivity contribution in [3.8, 4) is 5.75 Å². The Hall–Kier alpha value is -2.45. The third kappa shape index (κ3) is 6.79. The fraction of sp³-hybridized carbons (Fsp3) is 0.654. The molecule has 2 aliphatic heterocycles. The molecule has 4 N–H and O–H groups in total. The summed E-state index contributed by atoms with van der Waals surface area (Å²) in [7, 11) is 3.93. The summed E-state index contributed by atoms with van der Waals surface area (Å²) in [5, 5.41) is 6.94. The van der Waals surface area contributed by atoms with E-state index in [1.54, 1.807) is 7.11 Å². The molecule has 8 nitrogen and oxygen atoms in total. The maximum atomic E-state index is 6.26. The van der Waals surface area contributed by atoms with Gasteiger partial charge in [0.15, 0.2) is 0 Å². The molecule has 2 atom stereocenters. The largest absolute Gasteiger partial charge is 0.495 e. The van der Waals surface area contributed by atoms with Crippen molar-refractivity contribution >= 4 is 17.2 Å². The third-order valence-corrected chi connectivity index (χ3v) is 6.83. The number of nitrogens with two attached hydrogens (primary N) is 1. The van der Waals surface area contributed by atoms with E-state index in [1.807, 2.05) is 13.0 Å². The Bertz CT molecular complexity index is 849. The lowest BCUT2D eigenvalue weighted by Crippen LogP contribution is -2.55. The van der Waals surface area contributed by atoms with Gasteiger partial charge in [-0.05, 0) is 59.2 Å². The highest BCUT2D eigenvalue weighted by Gasteiger charge is 2.28. The molecule has 1 aromatic carbocycles. The van der Waals surface area contributed by atoms with Crippen molar-refractivity contribution in [1.29, 1.82) is 0 Å². The standard InChI is InChI=1S/C26H44N6O2/c1-7-8-25(28-21-11-13-34-14-12-21)30-26(20(4)27)29-22-9-10-23(24(15-22)33-6)32-16-18(2)31(5)19(3)17-32/h9-10,15,18-19,21,29H,7-8,11-14,16-17,27H2,1-6H3,(H,28,30)/b26-20+. The Kier molecular flexibility index (Phi) is 9.47. The molecule has 0 bridgehead atoms. The summed E-state index contributed by atoms with van der Waals surface area (Å²) in [6.45, 7) is 12.1. The molecule has 8 heteroatoms. The molecule has 2 aliphatic rings. The minimum atomic E-state index is 0.301. The SMILES string of the molecule is CCCC(=NC1CCOCC1)N/C(Nc1ccc(N2CC(C)N(C)C(C)C2)c(OC)c1)=C(\C)N. The van der Waals surface area contributed by atoms with Gasteiger partial charge in [0, 0.05) is 62.3 Å². The van der Waals surface area contributed by atoms with Crippen LogP contribution in [-0.4, -0.2) is 69.3 Å². The molecule has 2 heterocycles. The Morgan fingerprint density at radius 3 is 2.47 bits per heavy atom. The summed E-state index contributed by atoms with van der Waals surface area (Å²) in [6, 6.07) is 7.54. The minimum Gasteiger partial charge on any atom is -0.495 e. The summed E-state index contributed by atoms with van der Waals surface area (Å²) in [6.07, 6.45) is 3.81. The summed E-state index contributed by atoms with van der Waals surface area (Å²) < 4.78 is 11.3. The summed E-state index contributed by atoms with van der Waals surface area (Å²) in [4.78, 5) is 9.83. The van der Waals surface area contributed by atoms with Crippen molar-refractivity contribution in [2.75, 3.05) is 50.7 Å². The number of amidine groups is 1. The number of nitrogens with one attached hydrogen (secondary N) is 2. The van der Waals surface area contributed by atoms with Crippen LogP contribution in [0.15, 0.2) is 34.7 Å². The molecule has 2 saturated heterocycles. The Morgan fingerprint density at radius 2 is 1.88 bits per heavy atom. The summed E-state index contributed by atoms with van der Waals surface area (Å²) >= 11 is 0. The maximum absolute atomic E-state index is 6.26. The zero-order valence-corrected chi connectivity index (χ0v) is 21.9. The zero-order chi connectivity index (χ0) is 24.7. The molecule has 0 aromatic heterocycles. The Labute approximate surface area is 205 Å². The average Bonchev–Trinajstić information content (AvgIpc) is 2.82. The fourth-order valence-electron chi connectivity index (χ4n) is 4.57. The number of hydrogen-bond donors (Lipinski definition) is 3. The van der Waals surface area contributed by atoms with E-state index in [-0.39, 0.29) is 0 Å². The molecule has 1 aromatic rings. The van der Waals surface area contributed by atoms with E-state index in [4.69, 9.17) is 20.2 Å². The van der Waals surface area contributed by atoms with Gasteiger partial charge in [0.1, 0.15) is 17.4 Å². The van der Waals surface area contributed by atoms with Crippen LogP contribution in [-0.2, 0) is 4.74 Å².